The highest BCUT2D eigenvalue weighted by atomic mass is 19.1. The zero-order chi connectivity index (χ0) is 11.3. The van der Waals surface area contributed by atoms with Crippen molar-refractivity contribution in [2.24, 2.45) is 0 Å². The van der Waals surface area contributed by atoms with Gasteiger partial charge in [-0.1, -0.05) is 6.07 Å². The molecule has 0 aliphatic heterocycles. The minimum Gasteiger partial charge on any atom is -0.349 e. The molecule has 1 aromatic carbocycles. The monoisotopic (exact) mass is 205 g/mol. The Morgan fingerprint density at radius 1 is 1.67 bits per heavy atom. The van der Waals surface area contributed by atoms with E-state index in [1.54, 1.807) is 13.0 Å². The van der Waals surface area contributed by atoms with Crippen molar-refractivity contribution >= 4 is 5.91 Å². The lowest BCUT2D eigenvalue weighted by Gasteiger charge is -2.10. The number of hydrogen-bond donors (Lipinski definition) is 1. The molecule has 78 valence electrons. The lowest BCUT2D eigenvalue weighted by molar-refractivity contribution is 0.0940. The van der Waals surface area contributed by atoms with E-state index in [4.69, 9.17) is 6.42 Å². The van der Waals surface area contributed by atoms with E-state index in [2.05, 4.69) is 11.2 Å². The van der Waals surface area contributed by atoms with Crippen molar-refractivity contribution in [1.29, 1.82) is 0 Å². The lowest BCUT2D eigenvalue weighted by Crippen LogP contribution is -2.32. The molecule has 1 atom stereocenters. The third-order valence-corrected chi connectivity index (χ3v) is 1.89. The number of amides is 1. The highest BCUT2D eigenvalue weighted by molar-refractivity contribution is 5.94. The highest BCUT2D eigenvalue weighted by Gasteiger charge is 2.08. The van der Waals surface area contributed by atoms with Gasteiger partial charge >= 0.3 is 0 Å². The summed E-state index contributed by atoms with van der Waals surface area (Å²) in [5.41, 5.74) is 0.305. The number of terminal acetylenes is 1. The summed E-state index contributed by atoms with van der Waals surface area (Å²) in [6.07, 6.45) is 5.57. The van der Waals surface area contributed by atoms with Crippen LogP contribution in [0.5, 0.6) is 0 Å². The van der Waals surface area contributed by atoms with Gasteiger partial charge in [0.2, 0.25) is 0 Å². The van der Waals surface area contributed by atoms with Crippen LogP contribution in [0.1, 0.15) is 23.7 Å². The van der Waals surface area contributed by atoms with Crippen molar-refractivity contribution in [3.05, 3.63) is 35.6 Å². The first-order valence-electron chi connectivity index (χ1n) is 4.63. The predicted molar refractivity (Wildman–Crippen MR) is 56.8 cm³/mol. The number of rotatable bonds is 3. The molecule has 0 aromatic heterocycles. The van der Waals surface area contributed by atoms with Gasteiger partial charge in [0.1, 0.15) is 5.82 Å². The Bertz CT molecular complexity index is 395. The van der Waals surface area contributed by atoms with E-state index in [1.807, 2.05) is 0 Å². The Labute approximate surface area is 88.5 Å². The number of benzene rings is 1. The van der Waals surface area contributed by atoms with E-state index in [1.165, 1.54) is 18.2 Å². The minimum atomic E-state index is -0.424. The Kier molecular flexibility index (Phi) is 3.87. The van der Waals surface area contributed by atoms with Crippen LogP contribution in [-0.4, -0.2) is 11.9 Å². The summed E-state index contributed by atoms with van der Waals surface area (Å²) in [7, 11) is 0. The van der Waals surface area contributed by atoms with Gasteiger partial charge in [0.05, 0.1) is 0 Å². The van der Waals surface area contributed by atoms with Gasteiger partial charge in [0.15, 0.2) is 0 Å². The number of carbonyl (C=O) groups is 1. The van der Waals surface area contributed by atoms with Crippen LogP contribution in [0.25, 0.3) is 0 Å². The van der Waals surface area contributed by atoms with E-state index in [0.717, 1.165) is 0 Å². The minimum absolute atomic E-state index is 0.106. The Morgan fingerprint density at radius 2 is 2.40 bits per heavy atom. The molecule has 0 spiro atoms. The van der Waals surface area contributed by atoms with Gasteiger partial charge in [-0.25, -0.2) is 4.39 Å². The zero-order valence-electron chi connectivity index (χ0n) is 8.46. The van der Waals surface area contributed by atoms with Crippen LogP contribution in [-0.2, 0) is 0 Å². The molecule has 1 aromatic rings. The average Bonchev–Trinajstić information content (AvgIpc) is 2.18. The first-order valence-corrected chi connectivity index (χ1v) is 4.63. The molecule has 0 saturated carbocycles. The maximum atomic E-state index is 12.8. The van der Waals surface area contributed by atoms with Gasteiger partial charge in [0, 0.05) is 18.0 Å². The molecule has 1 rings (SSSR count). The van der Waals surface area contributed by atoms with Crippen LogP contribution in [0.15, 0.2) is 24.3 Å². The normalized spacial score (nSPS) is 11.5. The topological polar surface area (TPSA) is 29.1 Å². The predicted octanol–water partition coefficient (Wildman–Crippen LogP) is 1.97. The van der Waals surface area contributed by atoms with Crippen LogP contribution < -0.4 is 5.32 Å². The summed E-state index contributed by atoms with van der Waals surface area (Å²) in [6.45, 7) is 1.80. The third kappa shape index (κ3) is 3.43. The second-order valence-corrected chi connectivity index (χ2v) is 3.29. The molecule has 2 nitrogen and oxygen atoms in total. The summed E-state index contributed by atoms with van der Waals surface area (Å²) >= 11 is 0. The third-order valence-electron chi connectivity index (χ3n) is 1.89. The van der Waals surface area contributed by atoms with Crippen molar-refractivity contribution in [2.45, 2.75) is 19.4 Å². The largest absolute Gasteiger partial charge is 0.349 e. The smallest absolute Gasteiger partial charge is 0.251 e. The fourth-order valence-electron chi connectivity index (χ4n) is 1.16. The molecule has 3 heteroatoms. The second kappa shape index (κ2) is 5.16. The first-order chi connectivity index (χ1) is 7.13. The molecule has 1 N–H and O–H groups in total. The van der Waals surface area contributed by atoms with Gasteiger partial charge < -0.3 is 5.32 Å². The first kappa shape index (κ1) is 11.3. The quantitative estimate of drug-likeness (QED) is 0.751. The van der Waals surface area contributed by atoms with Crippen molar-refractivity contribution in [3.63, 3.8) is 0 Å². The Balaban J connectivity index is 2.66. The summed E-state index contributed by atoms with van der Waals surface area (Å²) in [6, 6.07) is 5.43. The van der Waals surface area contributed by atoms with E-state index < -0.39 is 5.82 Å². The maximum absolute atomic E-state index is 12.8. The highest BCUT2D eigenvalue weighted by Crippen LogP contribution is 2.03. The molecular formula is C12H12FNO. The van der Waals surface area contributed by atoms with Crippen molar-refractivity contribution in [2.75, 3.05) is 0 Å². The second-order valence-electron chi connectivity index (χ2n) is 3.29. The number of nitrogens with one attached hydrogen (secondary N) is 1. The summed E-state index contributed by atoms with van der Waals surface area (Å²) in [5.74, 6) is 1.71. The van der Waals surface area contributed by atoms with Gasteiger partial charge in [-0.15, -0.1) is 12.3 Å². The van der Waals surface area contributed by atoms with Crippen LogP contribution in [0.4, 0.5) is 4.39 Å². The Morgan fingerprint density at radius 3 is 3.00 bits per heavy atom. The average molecular weight is 205 g/mol. The summed E-state index contributed by atoms with van der Waals surface area (Å²) < 4.78 is 12.8. The molecule has 0 aliphatic rings. The summed E-state index contributed by atoms with van der Waals surface area (Å²) in [5, 5.41) is 2.68. The molecule has 0 saturated heterocycles. The number of hydrogen-bond acceptors (Lipinski definition) is 1. The van der Waals surface area contributed by atoms with Gasteiger partial charge in [-0.05, 0) is 25.1 Å². The molecular weight excluding hydrogens is 193 g/mol. The van der Waals surface area contributed by atoms with Crippen molar-refractivity contribution in [1.82, 2.24) is 5.32 Å². The molecule has 1 amide bonds. The summed E-state index contributed by atoms with van der Waals surface area (Å²) in [4.78, 5) is 11.5. The SMILES string of the molecule is C#CCC(C)NC(=O)c1cccc(F)c1. The van der Waals surface area contributed by atoms with Crippen molar-refractivity contribution < 1.29 is 9.18 Å². The van der Waals surface area contributed by atoms with Crippen molar-refractivity contribution in [3.8, 4) is 12.3 Å². The van der Waals surface area contributed by atoms with Crippen LogP contribution in [0.2, 0.25) is 0 Å². The molecule has 1 unspecified atom stereocenters. The Hall–Kier alpha value is -1.82. The molecule has 0 heterocycles. The van der Waals surface area contributed by atoms with Gasteiger partial charge in [-0.2, -0.15) is 0 Å². The lowest BCUT2D eigenvalue weighted by atomic mass is 10.2. The molecule has 0 aliphatic carbocycles. The molecule has 0 fully saturated rings. The molecule has 15 heavy (non-hydrogen) atoms. The van der Waals surface area contributed by atoms with E-state index >= 15 is 0 Å². The van der Waals surface area contributed by atoms with Gasteiger partial charge in [0.25, 0.3) is 5.91 Å². The van der Waals surface area contributed by atoms with E-state index in [9.17, 15) is 9.18 Å². The number of halogens is 1. The van der Waals surface area contributed by atoms with Crippen LogP contribution >= 0.6 is 0 Å². The maximum Gasteiger partial charge on any atom is 0.251 e. The zero-order valence-corrected chi connectivity index (χ0v) is 8.46. The van der Waals surface area contributed by atoms with Crippen LogP contribution in [0.3, 0.4) is 0 Å². The van der Waals surface area contributed by atoms with Crippen LogP contribution in [0, 0.1) is 18.2 Å². The fourth-order valence-corrected chi connectivity index (χ4v) is 1.16. The fraction of sp³-hybridized carbons (Fsp3) is 0.250. The van der Waals surface area contributed by atoms with E-state index in [0.29, 0.717) is 12.0 Å². The molecule has 0 bridgehead atoms. The number of carbonyl (C=O) groups excluding carboxylic acids is 1. The molecule has 0 radical (unpaired) electrons. The van der Waals surface area contributed by atoms with Gasteiger partial charge in [-0.3, -0.25) is 4.79 Å². The standard InChI is InChI=1S/C12H12FNO/c1-3-5-9(2)14-12(15)10-6-4-7-11(13)8-10/h1,4,6-9H,5H2,2H3,(H,14,15). The van der Waals surface area contributed by atoms with E-state index in [-0.39, 0.29) is 11.9 Å².